The molecule has 2 aromatic carbocycles. The predicted octanol–water partition coefficient (Wildman–Crippen LogP) is 3.19. The van der Waals surface area contributed by atoms with Gasteiger partial charge >= 0.3 is 0 Å². The minimum atomic E-state index is -0.284. The van der Waals surface area contributed by atoms with E-state index in [2.05, 4.69) is 10.2 Å². The molecule has 0 aromatic heterocycles. The normalized spacial score (nSPS) is 18.4. The summed E-state index contributed by atoms with van der Waals surface area (Å²) in [6.07, 6.45) is 1.78. The van der Waals surface area contributed by atoms with Crippen LogP contribution in [0.4, 0.5) is 11.4 Å². The van der Waals surface area contributed by atoms with E-state index in [-0.39, 0.29) is 24.0 Å². The Morgan fingerprint density at radius 3 is 2.65 bits per heavy atom. The molecular weight excluding hydrogens is 456 g/mol. The minimum Gasteiger partial charge on any atom is -0.496 e. The summed E-state index contributed by atoms with van der Waals surface area (Å²) >= 11 is 6.11. The maximum absolute atomic E-state index is 12.9. The number of carbonyl (C=O) groups is 2. The van der Waals surface area contributed by atoms with Crippen LogP contribution in [0.15, 0.2) is 42.5 Å². The summed E-state index contributed by atoms with van der Waals surface area (Å²) in [6, 6.07) is 12.5. The first kappa shape index (κ1) is 25.8. The second-order valence-electron chi connectivity index (χ2n) is 8.41. The molecule has 2 aromatic rings. The predicted molar refractivity (Wildman–Crippen MR) is 135 cm³/mol. The van der Waals surface area contributed by atoms with Crippen molar-refractivity contribution >= 4 is 34.8 Å². The van der Waals surface area contributed by atoms with Crippen molar-refractivity contribution in [1.82, 2.24) is 10.2 Å². The third-order valence-corrected chi connectivity index (χ3v) is 6.54. The Morgan fingerprint density at radius 1 is 1.24 bits per heavy atom. The van der Waals surface area contributed by atoms with Gasteiger partial charge < -0.3 is 30.3 Å². The van der Waals surface area contributed by atoms with Gasteiger partial charge in [-0.15, -0.1) is 0 Å². The Bertz CT molecular complexity index is 988. The van der Waals surface area contributed by atoms with Gasteiger partial charge in [-0.2, -0.15) is 0 Å². The first-order valence-electron chi connectivity index (χ1n) is 11.3. The fourth-order valence-corrected chi connectivity index (χ4v) is 4.33. The van der Waals surface area contributed by atoms with Gasteiger partial charge in [-0.3, -0.25) is 9.59 Å². The van der Waals surface area contributed by atoms with Crippen molar-refractivity contribution in [2.45, 2.75) is 31.4 Å². The third kappa shape index (κ3) is 6.40. The second kappa shape index (κ2) is 12.1. The molecule has 1 heterocycles. The molecule has 1 aliphatic heterocycles. The van der Waals surface area contributed by atoms with E-state index in [1.807, 2.05) is 30.3 Å². The lowest BCUT2D eigenvalue weighted by molar-refractivity contribution is -0.118. The number of para-hydroxylation sites is 1. The lowest BCUT2D eigenvalue weighted by atomic mass is 10.0. The highest BCUT2D eigenvalue weighted by Gasteiger charge is 2.31. The van der Waals surface area contributed by atoms with E-state index in [0.29, 0.717) is 35.0 Å². The van der Waals surface area contributed by atoms with E-state index >= 15 is 0 Å². The van der Waals surface area contributed by atoms with Crippen molar-refractivity contribution in [3.8, 4) is 5.75 Å². The molecule has 0 radical (unpaired) electrons. The van der Waals surface area contributed by atoms with Gasteiger partial charge in [0.1, 0.15) is 5.75 Å². The monoisotopic (exact) mass is 488 g/mol. The van der Waals surface area contributed by atoms with E-state index in [1.54, 1.807) is 25.1 Å². The number of nitrogens with two attached hydrogens (primary N) is 1. The van der Waals surface area contributed by atoms with Crippen molar-refractivity contribution in [3.05, 3.63) is 53.1 Å². The Morgan fingerprint density at radius 2 is 1.97 bits per heavy atom. The lowest BCUT2D eigenvalue weighted by Crippen LogP contribution is -2.55. The van der Waals surface area contributed by atoms with Gasteiger partial charge in [0.2, 0.25) is 5.91 Å². The Labute approximate surface area is 205 Å². The third-order valence-electron chi connectivity index (χ3n) is 6.21. The summed E-state index contributed by atoms with van der Waals surface area (Å²) in [5.41, 5.74) is 7.40. The molecule has 0 saturated carbocycles. The molecule has 3 rings (SSSR count). The van der Waals surface area contributed by atoms with E-state index in [1.165, 1.54) is 13.2 Å². The van der Waals surface area contributed by atoms with Crippen LogP contribution in [0.2, 0.25) is 5.02 Å². The Balaban J connectivity index is 1.50. The first-order valence-corrected chi connectivity index (χ1v) is 11.7. The Hall–Kier alpha value is -2.81. The van der Waals surface area contributed by atoms with Gasteiger partial charge in [0.15, 0.2) is 0 Å². The highest BCUT2D eigenvalue weighted by atomic mass is 35.5. The van der Waals surface area contributed by atoms with Gasteiger partial charge in [-0.25, -0.2) is 0 Å². The van der Waals surface area contributed by atoms with Crippen LogP contribution in [-0.4, -0.2) is 69.8 Å². The molecule has 184 valence electrons. The zero-order chi connectivity index (χ0) is 24.7. The smallest absolute Gasteiger partial charge is 0.255 e. The zero-order valence-corrected chi connectivity index (χ0v) is 20.7. The van der Waals surface area contributed by atoms with Crippen LogP contribution in [0.5, 0.6) is 5.75 Å². The van der Waals surface area contributed by atoms with Crippen molar-refractivity contribution in [1.29, 1.82) is 0 Å². The number of hydrogen-bond acceptors (Lipinski definition) is 6. The molecule has 1 saturated heterocycles. The lowest BCUT2D eigenvalue weighted by Gasteiger charge is -2.38. The molecule has 34 heavy (non-hydrogen) atoms. The number of benzene rings is 2. The quantitative estimate of drug-likeness (QED) is 0.526. The number of ether oxygens (including phenoxy) is 2. The number of carbonyl (C=O) groups excluding carboxylic acids is 2. The second-order valence-corrected chi connectivity index (χ2v) is 8.82. The standard InChI is InChI=1S/C25H33ClN4O4/c1-29(17-8-5-4-6-9-17)24(31)10-7-12-30-13-11-21(23(16-30)34-3)28-25(32)18-14-19(26)20(27)15-22(18)33-2/h4-6,8-9,14-15,21,23H,7,10-13,16,27H2,1-3H3,(H,28,32)/t21-,23+/m0/s1. The fourth-order valence-electron chi connectivity index (χ4n) is 4.17. The van der Waals surface area contributed by atoms with Crippen molar-refractivity contribution in [3.63, 3.8) is 0 Å². The van der Waals surface area contributed by atoms with Gasteiger partial charge in [0, 0.05) is 45.4 Å². The van der Waals surface area contributed by atoms with E-state index < -0.39 is 0 Å². The summed E-state index contributed by atoms with van der Waals surface area (Å²) in [7, 11) is 4.93. The first-order chi connectivity index (χ1) is 16.3. The number of methoxy groups -OCH3 is 2. The number of nitrogen functional groups attached to an aromatic ring is 1. The summed E-state index contributed by atoms with van der Waals surface area (Å²) in [4.78, 5) is 29.4. The number of halogens is 1. The minimum absolute atomic E-state index is 0.0905. The molecule has 0 spiro atoms. The van der Waals surface area contributed by atoms with Crippen LogP contribution in [0.25, 0.3) is 0 Å². The molecule has 1 aliphatic rings. The van der Waals surface area contributed by atoms with Crippen molar-refractivity contribution in [2.75, 3.05) is 51.5 Å². The van der Waals surface area contributed by atoms with Crippen LogP contribution in [0.1, 0.15) is 29.6 Å². The molecule has 3 N–H and O–H groups in total. The highest BCUT2D eigenvalue weighted by Crippen LogP contribution is 2.29. The molecule has 0 unspecified atom stereocenters. The van der Waals surface area contributed by atoms with Gasteiger partial charge in [-0.1, -0.05) is 29.8 Å². The average molecular weight is 489 g/mol. The van der Waals surface area contributed by atoms with Crippen LogP contribution >= 0.6 is 11.6 Å². The maximum Gasteiger partial charge on any atom is 0.255 e. The number of anilines is 2. The molecule has 1 fully saturated rings. The molecule has 8 nitrogen and oxygen atoms in total. The van der Waals surface area contributed by atoms with E-state index in [9.17, 15) is 9.59 Å². The molecule has 0 aliphatic carbocycles. The van der Waals surface area contributed by atoms with Crippen molar-refractivity contribution < 1.29 is 19.1 Å². The van der Waals surface area contributed by atoms with Gasteiger partial charge in [-0.05, 0) is 37.6 Å². The van der Waals surface area contributed by atoms with Crippen LogP contribution in [-0.2, 0) is 9.53 Å². The van der Waals surface area contributed by atoms with Gasteiger partial charge in [0.25, 0.3) is 5.91 Å². The fraction of sp³-hybridized carbons (Fsp3) is 0.440. The summed E-state index contributed by atoms with van der Waals surface area (Å²) < 4.78 is 11.0. The molecule has 9 heteroatoms. The summed E-state index contributed by atoms with van der Waals surface area (Å²) in [5.74, 6) is 0.178. The number of likely N-dealkylation sites (tertiary alicyclic amines) is 1. The van der Waals surface area contributed by atoms with E-state index in [4.69, 9.17) is 26.8 Å². The maximum atomic E-state index is 12.9. The van der Waals surface area contributed by atoms with E-state index in [0.717, 1.165) is 31.6 Å². The summed E-state index contributed by atoms with van der Waals surface area (Å²) in [6.45, 7) is 2.26. The topological polar surface area (TPSA) is 97.1 Å². The SMILES string of the molecule is COc1cc(N)c(Cl)cc1C(=O)N[C@H]1CCN(CCCC(=O)N(C)c2ccccc2)C[C@H]1OC. The van der Waals surface area contributed by atoms with Crippen molar-refractivity contribution in [2.24, 2.45) is 0 Å². The molecule has 2 atom stereocenters. The Kier molecular flexibility index (Phi) is 9.15. The summed E-state index contributed by atoms with van der Waals surface area (Å²) in [5, 5.41) is 3.36. The number of amides is 2. The number of hydrogen-bond donors (Lipinski definition) is 2. The number of nitrogens with zero attached hydrogens (tertiary/aromatic N) is 2. The van der Waals surface area contributed by atoms with Gasteiger partial charge in [0.05, 0.1) is 35.5 Å². The molecule has 0 bridgehead atoms. The zero-order valence-electron chi connectivity index (χ0n) is 19.9. The highest BCUT2D eigenvalue weighted by molar-refractivity contribution is 6.33. The number of nitrogens with one attached hydrogen (secondary N) is 1. The molecular formula is C25H33ClN4O4. The molecule has 2 amide bonds. The number of rotatable bonds is 9. The van der Waals surface area contributed by atoms with Crippen LogP contribution in [0, 0.1) is 0 Å². The number of piperidine rings is 1. The largest absolute Gasteiger partial charge is 0.496 e. The van der Waals surface area contributed by atoms with Crippen LogP contribution in [0.3, 0.4) is 0 Å². The van der Waals surface area contributed by atoms with Crippen LogP contribution < -0.4 is 20.7 Å². The average Bonchev–Trinajstić information content (AvgIpc) is 2.85.